The first-order valence-corrected chi connectivity index (χ1v) is 7.78. The number of ether oxygens (including phenoxy) is 1. The molecule has 6 nitrogen and oxygen atoms in total. The highest BCUT2D eigenvalue weighted by atomic mass is 35.5. The zero-order valence-corrected chi connectivity index (χ0v) is 12.8. The van der Waals surface area contributed by atoms with Gasteiger partial charge in [0.05, 0.1) is 24.4 Å². The van der Waals surface area contributed by atoms with Crippen LogP contribution in [-0.2, 0) is 11.3 Å². The molecule has 21 heavy (non-hydrogen) atoms. The van der Waals surface area contributed by atoms with Gasteiger partial charge in [0.2, 0.25) is 0 Å². The van der Waals surface area contributed by atoms with Gasteiger partial charge in [-0.3, -0.25) is 4.79 Å². The molecular formula is C14H22ClN3O3. The topological polar surface area (TPSA) is 76.4 Å². The molecule has 0 aliphatic heterocycles. The van der Waals surface area contributed by atoms with Crippen molar-refractivity contribution in [3.05, 3.63) is 21.6 Å². The van der Waals surface area contributed by atoms with Gasteiger partial charge in [0.15, 0.2) is 0 Å². The van der Waals surface area contributed by atoms with Crippen LogP contribution in [0.4, 0.5) is 5.69 Å². The first-order valence-electron chi connectivity index (χ1n) is 7.40. The van der Waals surface area contributed by atoms with Gasteiger partial charge < -0.3 is 15.2 Å². The number of nitrogens with one attached hydrogen (secondary N) is 1. The summed E-state index contributed by atoms with van der Waals surface area (Å²) in [5.41, 5.74) is 0.249. The fourth-order valence-electron chi connectivity index (χ4n) is 2.23. The minimum atomic E-state index is -0.161. The Hall–Kier alpha value is -1.11. The molecule has 0 spiro atoms. The Morgan fingerprint density at radius 1 is 1.48 bits per heavy atom. The lowest BCUT2D eigenvalue weighted by atomic mass is 9.85. The quantitative estimate of drug-likeness (QED) is 0.676. The molecule has 0 saturated heterocycles. The van der Waals surface area contributed by atoms with Crippen LogP contribution < -0.4 is 10.9 Å². The van der Waals surface area contributed by atoms with E-state index in [9.17, 15) is 4.79 Å². The summed E-state index contributed by atoms with van der Waals surface area (Å²) >= 11 is 6.05. The lowest BCUT2D eigenvalue weighted by Gasteiger charge is -2.25. The van der Waals surface area contributed by atoms with Crippen LogP contribution in [-0.4, -0.2) is 41.3 Å². The standard InChI is InChI=1S/C14H22ClN3O3/c15-12-9-17-18(10-11-3-1-4-11)14(20)13(12)16-5-2-7-21-8-6-19/h9,11,16,19H,1-8,10H2. The van der Waals surface area contributed by atoms with E-state index in [2.05, 4.69) is 10.4 Å². The van der Waals surface area contributed by atoms with Gasteiger partial charge in [-0.25, -0.2) is 4.68 Å². The minimum absolute atomic E-state index is 0.0233. The average molecular weight is 316 g/mol. The molecule has 7 heteroatoms. The third-order valence-corrected chi connectivity index (χ3v) is 3.94. The number of aliphatic hydroxyl groups is 1. The van der Waals surface area contributed by atoms with Crippen LogP contribution in [0.15, 0.2) is 11.0 Å². The first-order chi connectivity index (χ1) is 10.2. The fourth-order valence-corrected chi connectivity index (χ4v) is 2.42. The van der Waals surface area contributed by atoms with E-state index in [4.69, 9.17) is 21.4 Å². The number of hydrogen-bond donors (Lipinski definition) is 2. The van der Waals surface area contributed by atoms with Gasteiger partial charge in [0.1, 0.15) is 5.69 Å². The van der Waals surface area contributed by atoms with Crippen LogP contribution in [0.5, 0.6) is 0 Å². The van der Waals surface area contributed by atoms with Crippen LogP contribution in [0, 0.1) is 5.92 Å². The van der Waals surface area contributed by atoms with E-state index < -0.39 is 0 Å². The molecule has 1 aliphatic rings. The van der Waals surface area contributed by atoms with Crippen LogP contribution in [0.3, 0.4) is 0 Å². The van der Waals surface area contributed by atoms with Crippen molar-refractivity contribution in [1.82, 2.24) is 9.78 Å². The van der Waals surface area contributed by atoms with E-state index in [0.29, 0.717) is 42.9 Å². The second-order valence-electron chi connectivity index (χ2n) is 5.27. The summed E-state index contributed by atoms with van der Waals surface area (Å²) in [6.45, 7) is 2.16. The normalized spacial score (nSPS) is 15.0. The fraction of sp³-hybridized carbons (Fsp3) is 0.714. The Balaban J connectivity index is 1.88. The zero-order chi connectivity index (χ0) is 15.1. The van der Waals surface area contributed by atoms with Gasteiger partial charge in [-0.2, -0.15) is 5.10 Å². The molecular weight excluding hydrogens is 294 g/mol. The summed E-state index contributed by atoms with van der Waals surface area (Å²) in [7, 11) is 0. The van der Waals surface area contributed by atoms with Crippen molar-refractivity contribution in [2.24, 2.45) is 5.92 Å². The largest absolute Gasteiger partial charge is 0.394 e. The highest BCUT2D eigenvalue weighted by Gasteiger charge is 2.20. The number of anilines is 1. The van der Waals surface area contributed by atoms with E-state index in [1.807, 2.05) is 0 Å². The molecule has 2 rings (SSSR count). The summed E-state index contributed by atoms with van der Waals surface area (Å²) in [6.07, 6.45) is 5.84. The molecule has 1 aromatic heterocycles. The molecule has 0 unspecified atom stereocenters. The molecule has 118 valence electrons. The number of aromatic nitrogens is 2. The summed E-state index contributed by atoms with van der Waals surface area (Å²) in [4.78, 5) is 12.3. The van der Waals surface area contributed by atoms with Gasteiger partial charge in [-0.1, -0.05) is 18.0 Å². The van der Waals surface area contributed by atoms with E-state index in [1.165, 1.54) is 30.1 Å². The second kappa shape index (κ2) is 8.36. The van der Waals surface area contributed by atoms with Crippen molar-refractivity contribution in [1.29, 1.82) is 0 Å². The van der Waals surface area contributed by atoms with Crippen molar-refractivity contribution < 1.29 is 9.84 Å². The maximum absolute atomic E-state index is 12.3. The maximum atomic E-state index is 12.3. The van der Waals surface area contributed by atoms with E-state index in [-0.39, 0.29) is 12.2 Å². The number of aliphatic hydroxyl groups excluding tert-OH is 1. The van der Waals surface area contributed by atoms with Gasteiger partial charge in [0.25, 0.3) is 5.56 Å². The Labute approximate surface area is 129 Å². The summed E-state index contributed by atoms with van der Waals surface area (Å²) < 4.78 is 6.66. The number of halogens is 1. The summed E-state index contributed by atoms with van der Waals surface area (Å²) in [6, 6.07) is 0. The maximum Gasteiger partial charge on any atom is 0.291 e. The summed E-state index contributed by atoms with van der Waals surface area (Å²) in [5.74, 6) is 0.566. The molecule has 1 heterocycles. The van der Waals surface area contributed by atoms with Gasteiger partial charge in [0, 0.05) is 19.7 Å². The Morgan fingerprint density at radius 3 is 2.95 bits per heavy atom. The minimum Gasteiger partial charge on any atom is -0.394 e. The third kappa shape index (κ3) is 4.69. The zero-order valence-electron chi connectivity index (χ0n) is 12.1. The first kappa shape index (κ1) is 16.3. The highest BCUT2D eigenvalue weighted by molar-refractivity contribution is 6.32. The molecule has 0 radical (unpaired) electrons. The monoisotopic (exact) mass is 315 g/mol. The molecule has 0 aromatic carbocycles. The number of rotatable bonds is 9. The average Bonchev–Trinajstić information content (AvgIpc) is 2.43. The molecule has 1 aliphatic carbocycles. The molecule has 1 aromatic rings. The lowest BCUT2D eigenvalue weighted by Crippen LogP contribution is -2.31. The number of hydrogen-bond acceptors (Lipinski definition) is 5. The molecule has 2 N–H and O–H groups in total. The SMILES string of the molecule is O=c1c(NCCCOCCO)c(Cl)cnn1CC1CCC1. The van der Waals surface area contributed by atoms with E-state index in [1.54, 1.807) is 0 Å². The van der Waals surface area contributed by atoms with Gasteiger partial charge in [-0.05, 0) is 25.2 Å². The van der Waals surface area contributed by atoms with E-state index in [0.717, 1.165) is 6.42 Å². The predicted octanol–water partition coefficient (Wildman–Crippen LogP) is 1.51. The van der Waals surface area contributed by atoms with Crippen LogP contribution >= 0.6 is 11.6 Å². The highest BCUT2D eigenvalue weighted by Crippen LogP contribution is 2.27. The molecule has 0 atom stereocenters. The third-order valence-electron chi connectivity index (χ3n) is 3.66. The summed E-state index contributed by atoms with van der Waals surface area (Å²) in [5, 5.41) is 16.1. The van der Waals surface area contributed by atoms with Crippen molar-refractivity contribution in [2.75, 3.05) is 31.7 Å². The van der Waals surface area contributed by atoms with Crippen LogP contribution in [0.25, 0.3) is 0 Å². The smallest absolute Gasteiger partial charge is 0.291 e. The van der Waals surface area contributed by atoms with Crippen LogP contribution in [0.1, 0.15) is 25.7 Å². The van der Waals surface area contributed by atoms with Gasteiger partial charge in [-0.15, -0.1) is 0 Å². The Morgan fingerprint density at radius 2 is 2.29 bits per heavy atom. The number of nitrogens with zero attached hydrogens (tertiary/aromatic N) is 2. The van der Waals surface area contributed by atoms with Crippen molar-refractivity contribution in [2.45, 2.75) is 32.2 Å². The second-order valence-corrected chi connectivity index (χ2v) is 5.68. The van der Waals surface area contributed by atoms with E-state index >= 15 is 0 Å². The molecule has 1 saturated carbocycles. The van der Waals surface area contributed by atoms with Crippen molar-refractivity contribution >= 4 is 17.3 Å². The predicted molar refractivity (Wildman–Crippen MR) is 81.9 cm³/mol. The van der Waals surface area contributed by atoms with Crippen LogP contribution in [0.2, 0.25) is 5.02 Å². The molecule has 0 amide bonds. The van der Waals surface area contributed by atoms with Crippen molar-refractivity contribution in [3.8, 4) is 0 Å². The molecule has 1 fully saturated rings. The Kier molecular flexibility index (Phi) is 6.48. The Bertz CT molecular complexity index is 503. The van der Waals surface area contributed by atoms with Crippen molar-refractivity contribution in [3.63, 3.8) is 0 Å². The van der Waals surface area contributed by atoms with Gasteiger partial charge >= 0.3 is 0 Å². The molecule has 0 bridgehead atoms. The lowest BCUT2D eigenvalue weighted by molar-refractivity contribution is 0.0922.